The number of nitrogens with one attached hydrogen (secondary N) is 1. The summed E-state index contributed by atoms with van der Waals surface area (Å²) in [6, 6.07) is 10.9. The molecule has 0 aliphatic heterocycles. The van der Waals surface area contributed by atoms with Crippen LogP contribution in [0.2, 0.25) is 0 Å². The minimum Gasteiger partial charge on any atom is -0.790 e. The van der Waals surface area contributed by atoms with E-state index in [0.29, 0.717) is 35.7 Å². The number of nitrogens with zero attached hydrogens (tertiary/aromatic N) is 3. The van der Waals surface area contributed by atoms with E-state index in [1.165, 1.54) is 20.4 Å². The zero-order valence-electron chi connectivity index (χ0n) is 23.0. The third kappa shape index (κ3) is 8.29. The number of rotatable bonds is 11. The molecule has 0 atom stereocenters. The first-order valence-electron chi connectivity index (χ1n) is 11.5. The number of hydrogen-bond acceptors (Lipinski definition) is 10. The Balaban J connectivity index is 0.00000280. The van der Waals surface area contributed by atoms with Crippen LogP contribution in [0.1, 0.15) is 22.5 Å². The van der Waals surface area contributed by atoms with Crippen molar-refractivity contribution in [3.8, 4) is 22.8 Å². The van der Waals surface area contributed by atoms with Crippen LogP contribution >= 0.6 is 7.82 Å². The molecule has 2 aromatic carbocycles. The third-order valence-electron chi connectivity index (χ3n) is 5.86. The van der Waals surface area contributed by atoms with Gasteiger partial charge in [0.2, 0.25) is 0 Å². The van der Waals surface area contributed by atoms with Gasteiger partial charge >= 0.3 is 59.1 Å². The number of fused-ring (bicyclic) bond motifs is 1. The summed E-state index contributed by atoms with van der Waals surface area (Å²) in [6.07, 6.45) is 4.32. The van der Waals surface area contributed by atoms with Gasteiger partial charge in [-0.05, 0) is 36.6 Å². The van der Waals surface area contributed by atoms with Crippen molar-refractivity contribution < 1.29 is 92.3 Å². The van der Waals surface area contributed by atoms with Crippen LogP contribution in [0.5, 0.6) is 11.5 Å². The van der Waals surface area contributed by atoms with Gasteiger partial charge in [0.1, 0.15) is 0 Å². The van der Waals surface area contributed by atoms with Crippen molar-refractivity contribution in [1.82, 2.24) is 14.5 Å². The second-order valence-electron chi connectivity index (χ2n) is 8.39. The quantitative estimate of drug-likeness (QED) is 0.101. The Hall–Kier alpha value is -1.96. The molecule has 0 aliphatic carbocycles. The van der Waals surface area contributed by atoms with Crippen molar-refractivity contribution in [3.05, 3.63) is 60.0 Å². The zero-order chi connectivity index (χ0) is 27.4. The van der Waals surface area contributed by atoms with Crippen LogP contribution in [0.3, 0.4) is 0 Å². The van der Waals surface area contributed by atoms with Gasteiger partial charge in [-0.3, -0.25) is 4.79 Å². The van der Waals surface area contributed by atoms with Crippen molar-refractivity contribution in [2.24, 2.45) is 12.8 Å². The SMILES string of the molecule is COc1ccc(Nc2nc(-c3ccc4c(CCCOP(=O)([O-])[O-])cn(C)c4c3)cnc2C(N)=O)cc1OC.[Na+].[Na+]. The molecule has 0 saturated heterocycles. The Morgan fingerprint density at radius 1 is 1.10 bits per heavy atom. The van der Waals surface area contributed by atoms with E-state index >= 15 is 0 Å². The average molecular weight is 585 g/mol. The van der Waals surface area contributed by atoms with Gasteiger partial charge < -0.3 is 44.0 Å². The predicted molar refractivity (Wildman–Crippen MR) is 137 cm³/mol. The molecular weight excluding hydrogens is 559 g/mol. The molecule has 0 fully saturated rings. The Kier molecular flexibility index (Phi) is 12.7. The number of amides is 1. The molecule has 2 heterocycles. The molecule has 4 rings (SSSR count). The largest absolute Gasteiger partial charge is 1.00 e. The molecule has 3 N–H and O–H groups in total. The van der Waals surface area contributed by atoms with E-state index in [0.717, 1.165) is 22.0 Å². The molecule has 2 aromatic heterocycles. The molecule has 0 unspecified atom stereocenters. The van der Waals surface area contributed by atoms with Crippen molar-refractivity contribution in [3.63, 3.8) is 0 Å². The van der Waals surface area contributed by atoms with E-state index in [1.807, 2.05) is 36.0 Å². The van der Waals surface area contributed by atoms with Crippen LogP contribution in [0.15, 0.2) is 48.8 Å². The number of aromatic nitrogens is 3. The molecule has 0 bridgehead atoms. The summed E-state index contributed by atoms with van der Waals surface area (Å²) in [5.41, 5.74) is 9.27. The molecule has 4 aromatic rings. The van der Waals surface area contributed by atoms with Crippen molar-refractivity contribution in [1.29, 1.82) is 0 Å². The van der Waals surface area contributed by atoms with Crippen molar-refractivity contribution in [2.45, 2.75) is 12.8 Å². The summed E-state index contributed by atoms with van der Waals surface area (Å²) >= 11 is 0. The maximum Gasteiger partial charge on any atom is 1.00 e. The summed E-state index contributed by atoms with van der Waals surface area (Å²) in [5.74, 6) is 0.494. The van der Waals surface area contributed by atoms with Gasteiger partial charge in [0.25, 0.3) is 5.91 Å². The molecule has 0 aliphatic rings. The topological polar surface area (TPSA) is 177 Å². The van der Waals surface area contributed by atoms with Gasteiger partial charge in [0.05, 0.1) is 40.5 Å². The van der Waals surface area contributed by atoms with E-state index in [2.05, 4.69) is 19.8 Å². The fourth-order valence-corrected chi connectivity index (χ4v) is 4.46. The average Bonchev–Trinajstić information content (AvgIpc) is 3.20. The van der Waals surface area contributed by atoms with Crippen LogP contribution in [-0.2, 0) is 22.6 Å². The first-order chi connectivity index (χ1) is 18.1. The standard InChI is InChI=1S/C25H28N5O7P.2Na/c1-30-14-16(5-4-10-37-38(32,33)34)18-8-6-15(11-20(18)30)19-13-27-23(24(26)31)25(29-19)28-17-7-9-21(35-2)22(12-17)36-3;;/h6-9,11-14H,4-5,10H2,1-3H3,(H2,26,31)(H,28,29)(H2,32,33,34);;/q;2*+1/p-2. The number of aryl methyl sites for hydroxylation is 2. The van der Waals surface area contributed by atoms with Gasteiger partial charge in [-0.1, -0.05) is 12.1 Å². The van der Waals surface area contributed by atoms with E-state index in [-0.39, 0.29) is 77.2 Å². The van der Waals surface area contributed by atoms with Gasteiger partial charge in [-0.15, -0.1) is 0 Å². The zero-order valence-corrected chi connectivity index (χ0v) is 27.9. The second-order valence-corrected chi connectivity index (χ2v) is 9.55. The van der Waals surface area contributed by atoms with Gasteiger partial charge in [-0.25, -0.2) is 9.97 Å². The molecule has 15 heteroatoms. The molecule has 0 saturated carbocycles. The molecule has 40 heavy (non-hydrogen) atoms. The Morgan fingerprint density at radius 2 is 1.82 bits per heavy atom. The van der Waals surface area contributed by atoms with E-state index in [4.69, 9.17) is 15.2 Å². The number of nitrogens with two attached hydrogens (primary N) is 1. The number of hydrogen-bond donors (Lipinski definition) is 2. The molecule has 1 amide bonds. The summed E-state index contributed by atoms with van der Waals surface area (Å²) < 4.78 is 27.5. The minimum atomic E-state index is -4.98. The number of primary amides is 1. The van der Waals surface area contributed by atoms with E-state index < -0.39 is 13.7 Å². The number of ether oxygens (including phenoxy) is 2. The maximum absolute atomic E-state index is 12.0. The van der Waals surface area contributed by atoms with E-state index in [1.54, 1.807) is 18.2 Å². The van der Waals surface area contributed by atoms with Crippen LogP contribution in [0.4, 0.5) is 11.5 Å². The first kappa shape index (κ1) is 34.2. The Morgan fingerprint density at radius 3 is 2.48 bits per heavy atom. The van der Waals surface area contributed by atoms with Crippen molar-refractivity contribution >= 4 is 36.1 Å². The monoisotopic (exact) mass is 585 g/mol. The number of carbonyl (C=O) groups is 1. The first-order valence-corrected chi connectivity index (χ1v) is 13.0. The number of methoxy groups -OCH3 is 2. The molecular formula is C25H26N5Na2O7P. The van der Waals surface area contributed by atoms with E-state index in [9.17, 15) is 19.1 Å². The summed E-state index contributed by atoms with van der Waals surface area (Å²) in [6.45, 7) is -0.170. The van der Waals surface area contributed by atoms with Gasteiger partial charge in [0.15, 0.2) is 23.0 Å². The molecule has 0 radical (unpaired) electrons. The summed E-state index contributed by atoms with van der Waals surface area (Å²) in [7, 11) is -0.0320. The summed E-state index contributed by atoms with van der Waals surface area (Å²) in [5, 5.41) is 4.06. The fraction of sp³-hybridized carbons (Fsp3) is 0.240. The summed E-state index contributed by atoms with van der Waals surface area (Å²) in [4.78, 5) is 42.3. The third-order valence-corrected chi connectivity index (χ3v) is 6.36. The maximum atomic E-state index is 12.0. The Labute approximate surface area is 275 Å². The minimum absolute atomic E-state index is 0. The smallest absolute Gasteiger partial charge is 0.790 e. The predicted octanol–water partition coefficient (Wildman–Crippen LogP) is -3.72. The molecule has 0 spiro atoms. The number of phosphoric ester groups is 1. The van der Waals surface area contributed by atoms with Crippen LogP contribution < -0.4 is 89.4 Å². The fourth-order valence-electron chi connectivity index (χ4n) is 4.11. The van der Waals surface area contributed by atoms with Crippen LogP contribution in [-0.4, -0.2) is 41.3 Å². The van der Waals surface area contributed by atoms with Gasteiger partial charge in [-0.2, -0.15) is 0 Å². The van der Waals surface area contributed by atoms with Crippen molar-refractivity contribution in [2.75, 3.05) is 26.1 Å². The normalized spacial score (nSPS) is 10.9. The van der Waals surface area contributed by atoms with Gasteiger partial charge in [0, 0.05) is 41.5 Å². The number of phosphoric acid groups is 1. The number of anilines is 2. The number of carbonyl (C=O) groups excluding carboxylic acids is 1. The molecule has 200 valence electrons. The van der Waals surface area contributed by atoms with Crippen LogP contribution in [0, 0.1) is 0 Å². The second kappa shape index (κ2) is 14.8. The number of benzene rings is 2. The molecule has 12 nitrogen and oxygen atoms in total. The van der Waals surface area contributed by atoms with Crippen LogP contribution in [0.25, 0.3) is 22.2 Å². The Bertz CT molecular complexity index is 1540.